The van der Waals surface area contributed by atoms with Crippen molar-refractivity contribution in [3.8, 4) is 11.5 Å². The van der Waals surface area contributed by atoms with Gasteiger partial charge in [-0.25, -0.2) is 0 Å². The topological polar surface area (TPSA) is 38.7 Å². The van der Waals surface area contributed by atoms with Crippen LogP contribution in [0, 0.1) is 5.92 Å². The van der Waals surface area contributed by atoms with Crippen molar-refractivity contribution in [3.63, 3.8) is 0 Å². The van der Waals surface area contributed by atoms with Gasteiger partial charge in [-0.05, 0) is 43.9 Å². The highest BCUT2D eigenvalue weighted by Gasteiger charge is 2.12. The predicted molar refractivity (Wildman–Crippen MR) is 73.2 cm³/mol. The van der Waals surface area contributed by atoms with Crippen LogP contribution in [0.25, 0.3) is 0 Å². The highest BCUT2D eigenvalue weighted by molar-refractivity contribution is 5.43. The number of aliphatic hydroxyl groups excluding tert-OH is 1. The summed E-state index contributed by atoms with van der Waals surface area (Å²) in [6.45, 7) is 8.14. The Morgan fingerprint density at radius 3 is 2.28 bits per heavy atom. The van der Waals surface area contributed by atoms with E-state index in [4.69, 9.17) is 9.47 Å². The van der Waals surface area contributed by atoms with E-state index in [2.05, 4.69) is 20.8 Å². The molecule has 1 aromatic carbocycles. The molecule has 0 radical (unpaired) electrons. The fraction of sp³-hybridized carbons (Fsp3) is 0.600. The Labute approximate surface area is 110 Å². The fourth-order valence-corrected chi connectivity index (χ4v) is 1.97. The first-order valence-electron chi connectivity index (χ1n) is 6.46. The SMILES string of the molecule is COc1cc([C@@H](C)O)ccc1OC(C)CC(C)C. The molecule has 1 aromatic rings. The molecule has 3 nitrogen and oxygen atoms in total. The summed E-state index contributed by atoms with van der Waals surface area (Å²) in [5, 5.41) is 9.54. The zero-order valence-corrected chi connectivity index (χ0v) is 11.9. The second-order valence-electron chi connectivity index (χ2n) is 5.14. The number of aliphatic hydroxyl groups is 1. The van der Waals surface area contributed by atoms with Crippen molar-refractivity contribution < 1.29 is 14.6 Å². The van der Waals surface area contributed by atoms with Gasteiger partial charge in [-0.1, -0.05) is 19.9 Å². The lowest BCUT2D eigenvalue weighted by Gasteiger charge is -2.19. The number of ether oxygens (including phenoxy) is 2. The summed E-state index contributed by atoms with van der Waals surface area (Å²) in [6.07, 6.45) is 0.652. The van der Waals surface area contributed by atoms with Crippen LogP contribution in [0.5, 0.6) is 11.5 Å². The molecule has 18 heavy (non-hydrogen) atoms. The van der Waals surface area contributed by atoms with E-state index in [1.807, 2.05) is 18.2 Å². The molecule has 0 amide bonds. The quantitative estimate of drug-likeness (QED) is 0.841. The van der Waals surface area contributed by atoms with Crippen LogP contribution in [-0.2, 0) is 0 Å². The normalized spacial score (nSPS) is 14.4. The molecule has 1 N–H and O–H groups in total. The summed E-state index contributed by atoms with van der Waals surface area (Å²) in [5.41, 5.74) is 0.829. The molecule has 1 unspecified atom stereocenters. The summed E-state index contributed by atoms with van der Waals surface area (Å²) in [4.78, 5) is 0. The fourth-order valence-electron chi connectivity index (χ4n) is 1.97. The Morgan fingerprint density at radius 2 is 1.78 bits per heavy atom. The van der Waals surface area contributed by atoms with Crippen LogP contribution in [0.1, 0.15) is 45.8 Å². The van der Waals surface area contributed by atoms with Crippen molar-refractivity contribution in [1.82, 2.24) is 0 Å². The van der Waals surface area contributed by atoms with E-state index < -0.39 is 6.10 Å². The third-order valence-corrected chi connectivity index (χ3v) is 2.80. The van der Waals surface area contributed by atoms with Crippen LogP contribution in [-0.4, -0.2) is 18.3 Å². The molecular weight excluding hydrogens is 228 g/mol. The van der Waals surface area contributed by atoms with Gasteiger partial charge >= 0.3 is 0 Å². The van der Waals surface area contributed by atoms with E-state index in [0.29, 0.717) is 11.7 Å². The maximum absolute atomic E-state index is 9.54. The van der Waals surface area contributed by atoms with Gasteiger partial charge in [0, 0.05) is 0 Å². The number of rotatable bonds is 6. The minimum Gasteiger partial charge on any atom is -0.493 e. The van der Waals surface area contributed by atoms with Crippen LogP contribution >= 0.6 is 0 Å². The maximum Gasteiger partial charge on any atom is 0.161 e. The molecule has 1 rings (SSSR count). The van der Waals surface area contributed by atoms with Gasteiger partial charge in [0.05, 0.1) is 19.3 Å². The largest absolute Gasteiger partial charge is 0.493 e. The van der Waals surface area contributed by atoms with Gasteiger partial charge < -0.3 is 14.6 Å². The molecule has 0 saturated heterocycles. The zero-order valence-electron chi connectivity index (χ0n) is 11.9. The average molecular weight is 252 g/mol. The first-order valence-corrected chi connectivity index (χ1v) is 6.46. The summed E-state index contributed by atoms with van der Waals surface area (Å²) >= 11 is 0. The lowest BCUT2D eigenvalue weighted by Crippen LogP contribution is -2.15. The average Bonchev–Trinajstić information content (AvgIpc) is 2.27. The second-order valence-corrected chi connectivity index (χ2v) is 5.14. The number of hydrogen-bond donors (Lipinski definition) is 1. The van der Waals surface area contributed by atoms with Crippen LogP contribution in [0.3, 0.4) is 0 Å². The molecular formula is C15H24O3. The maximum atomic E-state index is 9.54. The number of methoxy groups -OCH3 is 1. The summed E-state index contributed by atoms with van der Waals surface area (Å²) in [6, 6.07) is 5.55. The van der Waals surface area contributed by atoms with Crippen LogP contribution in [0.2, 0.25) is 0 Å². The van der Waals surface area contributed by atoms with Gasteiger partial charge in [0.1, 0.15) is 0 Å². The number of hydrogen-bond acceptors (Lipinski definition) is 3. The highest BCUT2D eigenvalue weighted by atomic mass is 16.5. The second kappa shape index (κ2) is 6.64. The van der Waals surface area contributed by atoms with Crippen molar-refractivity contribution in [2.45, 2.75) is 46.3 Å². The first kappa shape index (κ1) is 14.8. The summed E-state index contributed by atoms with van der Waals surface area (Å²) in [5.74, 6) is 2.00. The molecule has 0 aliphatic carbocycles. The Bertz CT molecular complexity index is 372. The first-order chi connectivity index (χ1) is 8.43. The Hall–Kier alpha value is -1.22. The molecule has 0 aliphatic rings. The minimum absolute atomic E-state index is 0.149. The molecule has 0 heterocycles. The van der Waals surface area contributed by atoms with Crippen molar-refractivity contribution in [2.75, 3.05) is 7.11 Å². The molecule has 0 aromatic heterocycles. The third-order valence-electron chi connectivity index (χ3n) is 2.80. The van der Waals surface area contributed by atoms with Gasteiger partial charge in [-0.3, -0.25) is 0 Å². The number of benzene rings is 1. The van der Waals surface area contributed by atoms with Crippen LogP contribution < -0.4 is 9.47 Å². The summed E-state index contributed by atoms with van der Waals surface area (Å²) in [7, 11) is 1.61. The van der Waals surface area contributed by atoms with Crippen LogP contribution in [0.4, 0.5) is 0 Å². The zero-order chi connectivity index (χ0) is 13.7. The van der Waals surface area contributed by atoms with E-state index in [-0.39, 0.29) is 6.10 Å². The molecule has 102 valence electrons. The van der Waals surface area contributed by atoms with E-state index in [1.165, 1.54) is 0 Å². The van der Waals surface area contributed by atoms with E-state index in [9.17, 15) is 5.11 Å². The third kappa shape index (κ3) is 4.22. The lowest BCUT2D eigenvalue weighted by atomic mass is 10.1. The smallest absolute Gasteiger partial charge is 0.161 e. The van der Waals surface area contributed by atoms with Crippen molar-refractivity contribution in [2.24, 2.45) is 5.92 Å². The molecule has 2 atom stereocenters. The van der Waals surface area contributed by atoms with Crippen molar-refractivity contribution >= 4 is 0 Å². The minimum atomic E-state index is -0.499. The molecule has 3 heteroatoms. The van der Waals surface area contributed by atoms with Gasteiger partial charge in [-0.15, -0.1) is 0 Å². The summed E-state index contributed by atoms with van der Waals surface area (Å²) < 4.78 is 11.2. The molecule has 0 bridgehead atoms. The molecule has 0 saturated carbocycles. The molecule has 0 fully saturated rings. The van der Waals surface area contributed by atoms with Crippen molar-refractivity contribution in [1.29, 1.82) is 0 Å². The monoisotopic (exact) mass is 252 g/mol. The van der Waals surface area contributed by atoms with E-state index >= 15 is 0 Å². The van der Waals surface area contributed by atoms with E-state index in [0.717, 1.165) is 17.7 Å². The lowest BCUT2D eigenvalue weighted by molar-refractivity contribution is 0.183. The van der Waals surface area contributed by atoms with Gasteiger partial charge in [0.15, 0.2) is 11.5 Å². The Balaban J connectivity index is 2.82. The predicted octanol–water partition coefficient (Wildman–Crippen LogP) is 3.56. The van der Waals surface area contributed by atoms with E-state index in [1.54, 1.807) is 14.0 Å². The molecule has 0 spiro atoms. The molecule has 0 aliphatic heterocycles. The van der Waals surface area contributed by atoms with Gasteiger partial charge in [-0.2, -0.15) is 0 Å². The van der Waals surface area contributed by atoms with Crippen LogP contribution in [0.15, 0.2) is 18.2 Å². The van der Waals surface area contributed by atoms with Gasteiger partial charge in [0.25, 0.3) is 0 Å². The standard InChI is InChI=1S/C15H24O3/c1-10(2)8-11(3)18-14-7-6-13(12(4)16)9-15(14)17-5/h6-7,9-12,16H,8H2,1-5H3/t11?,12-/m1/s1. The Kier molecular flexibility index (Phi) is 5.48. The Morgan fingerprint density at radius 1 is 1.11 bits per heavy atom. The van der Waals surface area contributed by atoms with Gasteiger partial charge in [0.2, 0.25) is 0 Å². The highest BCUT2D eigenvalue weighted by Crippen LogP contribution is 2.31. The van der Waals surface area contributed by atoms with Crippen molar-refractivity contribution in [3.05, 3.63) is 23.8 Å².